The Morgan fingerprint density at radius 1 is 1.53 bits per heavy atom. The molecular formula is C13H14FNO3S. The van der Waals surface area contributed by atoms with Gasteiger partial charge in [-0.2, -0.15) is 0 Å². The molecule has 0 aliphatic rings. The number of amides is 1. The number of hydrogen-bond acceptors (Lipinski definition) is 3. The first-order valence-electron chi connectivity index (χ1n) is 5.52. The molecule has 0 aromatic heterocycles. The highest BCUT2D eigenvalue weighted by atomic mass is 32.2. The van der Waals surface area contributed by atoms with Crippen LogP contribution in [0.25, 0.3) is 0 Å². The van der Waals surface area contributed by atoms with Gasteiger partial charge in [-0.15, -0.1) is 0 Å². The molecule has 2 N–H and O–H groups in total. The quantitative estimate of drug-likeness (QED) is 0.780. The van der Waals surface area contributed by atoms with Gasteiger partial charge in [0.1, 0.15) is 12.4 Å². The van der Waals surface area contributed by atoms with Crippen LogP contribution in [0.5, 0.6) is 0 Å². The summed E-state index contributed by atoms with van der Waals surface area (Å²) in [4.78, 5) is 11.9. The molecule has 0 bridgehead atoms. The van der Waals surface area contributed by atoms with E-state index in [0.717, 1.165) is 12.1 Å². The highest BCUT2D eigenvalue weighted by molar-refractivity contribution is 7.84. The van der Waals surface area contributed by atoms with E-state index < -0.39 is 22.5 Å². The van der Waals surface area contributed by atoms with Gasteiger partial charge < -0.3 is 10.4 Å². The van der Waals surface area contributed by atoms with Crippen LogP contribution >= 0.6 is 0 Å². The van der Waals surface area contributed by atoms with Crippen molar-refractivity contribution in [1.82, 2.24) is 5.32 Å². The molecule has 4 nitrogen and oxygen atoms in total. The number of benzene rings is 1. The van der Waals surface area contributed by atoms with Crippen molar-refractivity contribution in [2.24, 2.45) is 0 Å². The maximum Gasteiger partial charge on any atom is 0.252 e. The van der Waals surface area contributed by atoms with E-state index in [1.165, 1.54) is 6.07 Å². The van der Waals surface area contributed by atoms with Crippen LogP contribution in [0.4, 0.5) is 4.39 Å². The molecule has 102 valence electrons. The normalized spacial score (nSPS) is 11.3. The van der Waals surface area contributed by atoms with Crippen LogP contribution in [0.1, 0.15) is 15.9 Å². The molecule has 6 heteroatoms. The van der Waals surface area contributed by atoms with E-state index in [9.17, 15) is 13.4 Å². The number of nitrogens with one attached hydrogen (secondary N) is 1. The summed E-state index contributed by atoms with van der Waals surface area (Å²) in [5, 5.41) is 11.2. The Morgan fingerprint density at radius 2 is 2.26 bits per heavy atom. The second kappa shape index (κ2) is 7.67. The van der Waals surface area contributed by atoms with Crippen molar-refractivity contribution in [3.8, 4) is 11.8 Å². The molecule has 1 unspecified atom stereocenters. The van der Waals surface area contributed by atoms with E-state index in [0.29, 0.717) is 5.75 Å². The van der Waals surface area contributed by atoms with Crippen LogP contribution in [-0.4, -0.2) is 40.4 Å². The number of hydrogen-bond donors (Lipinski definition) is 2. The highest BCUT2D eigenvalue weighted by Crippen LogP contribution is 2.10. The molecule has 1 rings (SSSR count). The molecule has 0 spiro atoms. The van der Waals surface area contributed by atoms with E-state index >= 15 is 0 Å². The summed E-state index contributed by atoms with van der Waals surface area (Å²) < 4.78 is 24.0. The van der Waals surface area contributed by atoms with Crippen LogP contribution in [0.2, 0.25) is 0 Å². The number of halogens is 1. The van der Waals surface area contributed by atoms with Gasteiger partial charge in [0.25, 0.3) is 5.91 Å². The van der Waals surface area contributed by atoms with E-state index in [-0.39, 0.29) is 24.3 Å². The largest absolute Gasteiger partial charge is 0.384 e. The van der Waals surface area contributed by atoms with Gasteiger partial charge in [-0.05, 0) is 18.2 Å². The lowest BCUT2D eigenvalue weighted by molar-refractivity contribution is 0.0956. The van der Waals surface area contributed by atoms with Crippen molar-refractivity contribution < 1.29 is 18.5 Å². The number of aliphatic hydroxyl groups excluding tert-OH is 1. The summed E-state index contributed by atoms with van der Waals surface area (Å²) >= 11 is 0. The second-order valence-electron chi connectivity index (χ2n) is 3.68. The van der Waals surface area contributed by atoms with Gasteiger partial charge in [0.05, 0.1) is 5.56 Å². The molecule has 0 aliphatic heterocycles. The summed E-state index contributed by atoms with van der Waals surface area (Å²) in [6.07, 6.45) is 1.54. The Balaban J connectivity index is 2.86. The van der Waals surface area contributed by atoms with Gasteiger partial charge in [0.2, 0.25) is 0 Å². The third-order valence-corrected chi connectivity index (χ3v) is 2.98. The fourth-order valence-corrected chi connectivity index (χ4v) is 1.75. The Kier molecular flexibility index (Phi) is 6.19. The standard InChI is InChI=1S/C13H14FNO3S/c1-19(18)8-6-15-13(17)12-5-4-11(14)9-10(12)3-2-7-16/h4-5,9,16H,6-8H2,1H3,(H,15,17). The van der Waals surface area contributed by atoms with E-state index in [1.807, 2.05) is 0 Å². The lowest BCUT2D eigenvalue weighted by Gasteiger charge is -2.06. The van der Waals surface area contributed by atoms with Gasteiger partial charge in [0.15, 0.2) is 0 Å². The first-order chi connectivity index (χ1) is 9.04. The third-order valence-electron chi connectivity index (χ3n) is 2.20. The Hall–Kier alpha value is -1.71. The zero-order chi connectivity index (χ0) is 14.3. The third kappa shape index (κ3) is 5.20. The van der Waals surface area contributed by atoms with Crippen molar-refractivity contribution in [3.05, 3.63) is 35.1 Å². The van der Waals surface area contributed by atoms with Gasteiger partial charge >= 0.3 is 0 Å². The molecular weight excluding hydrogens is 269 g/mol. The highest BCUT2D eigenvalue weighted by Gasteiger charge is 2.10. The van der Waals surface area contributed by atoms with Gasteiger partial charge in [-0.25, -0.2) is 4.39 Å². The fourth-order valence-electron chi connectivity index (χ4n) is 1.36. The lowest BCUT2D eigenvalue weighted by Crippen LogP contribution is -2.28. The van der Waals surface area contributed by atoms with Crippen LogP contribution in [0.3, 0.4) is 0 Å². The van der Waals surface area contributed by atoms with Gasteiger partial charge in [-0.1, -0.05) is 11.8 Å². The van der Waals surface area contributed by atoms with E-state index in [4.69, 9.17) is 5.11 Å². The number of aliphatic hydroxyl groups is 1. The van der Waals surface area contributed by atoms with E-state index in [1.54, 1.807) is 6.26 Å². The van der Waals surface area contributed by atoms with Crippen molar-refractivity contribution in [2.75, 3.05) is 25.2 Å². The van der Waals surface area contributed by atoms with Crippen LogP contribution < -0.4 is 5.32 Å². The average Bonchev–Trinajstić information content (AvgIpc) is 2.35. The fraction of sp³-hybridized carbons (Fsp3) is 0.308. The monoisotopic (exact) mass is 283 g/mol. The molecule has 19 heavy (non-hydrogen) atoms. The van der Waals surface area contributed by atoms with Crippen LogP contribution in [0, 0.1) is 17.7 Å². The topological polar surface area (TPSA) is 66.4 Å². The molecule has 0 saturated carbocycles. The van der Waals surface area contributed by atoms with Gasteiger partial charge in [-0.3, -0.25) is 9.00 Å². The molecule has 1 aromatic rings. The Morgan fingerprint density at radius 3 is 2.89 bits per heavy atom. The molecule has 1 aromatic carbocycles. The molecule has 0 radical (unpaired) electrons. The predicted molar refractivity (Wildman–Crippen MR) is 71.6 cm³/mol. The van der Waals surface area contributed by atoms with E-state index in [2.05, 4.69) is 17.2 Å². The molecule has 0 aliphatic carbocycles. The Labute approximate surface area is 113 Å². The number of rotatable bonds is 4. The maximum absolute atomic E-state index is 13.1. The van der Waals surface area contributed by atoms with Crippen molar-refractivity contribution in [2.45, 2.75) is 0 Å². The van der Waals surface area contributed by atoms with Crippen molar-refractivity contribution >= 4 is 16.7 Å². The first-order valence-corrected chi connectivity index (χ1v) is 7.25. The maximum atomic E-state index is 13.1. The SMILES string of the molecule is CS(=O)CCNC(=O)c1ccc(F)cc1C#CCO. The average molecular weight is 283 g/mol. The van der Waals surface area contributed by atoms with Crippen molar-refractivity contribution in [3.63, 3.8) is 0 Å². The minimum absolute atomic E-state index is 0.212. The van der Waals surface area contributed by atoms with Crippen LogP contribution in [-0.2, 0) is 10.8 Å². The molecule has 1 atom stereocenters. The molecule has 0 saturated heterocycles. The predicted octanol–water partition coefficient (Wildman–Crippen LogP) is 0.278. The lowest BCUT2D eigenvalue weighted by atomic mass is 10.1. The zero-order valence-corrected chi connectivity index (χ0v) is 11.2. The number of carbonyl (C=O) groups is 1. The number of carbonyl (C=O) groups excluding carboxylic acids is 1. The smallest absolute Gasteiger partial charge is 0.252 e. The van der Waals surface area contributed by atoms with Crippen molar-refractivity contribution in [1.29, 1.82) is 0 Å². The van der Waals surface area contributed by atoms with Crippen LogP contribution in [0.15, 0.2) is 18.2 Å². The minimum Gasteiger partial charge on any atom is -0.384 e. The summed E-state index contributed by atoms with van der Waals surface area (Å²) in [6, 6.07) is 3.63. The second-order valence-corrected chi connectivity index (χ2v) is 5.24. The Bertz CT molecular complexity index is 549. The summed E-state index contributed by atoms with van der Waals surface area (Å²) in [5.41, 5.74) is 0.438. The summed E-state index contributed by atoms with van der Waals surface area (Å²) in [6.45, 7) is -0.0986. The molecule has 0 heterocycles. The first kappa shape index (κ1) is 15.3. The summed E-state index contributed by atoms with van der Waals surface area (Å²) in [7, 11) is -0.988. The minimum atomic E-state index is -0.988. The zero-order valence-electron chi connectivity index (χ0n) is 10.4. The molecule has 0 fully saturated rings. The summed E-state index contributed by atoms with van der Waals surface area (Å²) in [5.74, 6) is 4.33. The molecule has 1 amide bonds. The van der Waals surface area contributed by atoms with Gasteiger partial charge in [0, 0.05) is 34.9 Å².